The van der Waals surface area contributed by atoms with Gasteiger partial charge < -0.3 is 0 Å². The number of nitrogens with zero attached hydrogens (tertiary/aromatic N) is 2. The lowest BCUT2D eigenvalue weighted by Crippen LogP contribution is -1.91. The van der Waals surface area contributed by atoms with Gasteiger partial charge in [-0.2, -0.15) is 0 Å². The number of aryl methyl sites for hydroxylation is 1. The summed E-state index contributed by atoms with van der Waals surface area (Å²) < 4.78 is 1.20. The fraction of sp³-hybridized carbons (Fsp3) is 0.455. The van der Waals surface area contributed by atoms with Crippen molar-refractivity contribution in [2.45, 2.75) is 32.6 Å². The highest BCUT2D eigenvalue weighted by atomic mass is 35.5. The second-order valence-electron chi connectivity index (χ2n) is 3.90. The molecule has 2 nitrogen and oxygen atoms in total. The van der Waals surface area contributed by atoms with Crippen molar-refractivity contribution < 1.29 is 0 Å². The molecule has 2 heterocycles. The maximum atomic E-state index is 5.87. The van der Waals surface area contributed by atoms with Crippen molar-refractivity contribution in [3.8, 4) is 0 Å². The van der Waals surface area contributed by atoms with Crippen molar-refractivity contribution in [2.24, 2.45) is 0 Å². The normalized spacial score (nSPS) is 11.5. The number of fused-ring (bicyclic) bond motifs is 1. The van der Waals surface area contributed by atoms with Gasteiger partial charge in [0.2, 0.25) is 0 Å². The summed E-state index contributed by atoms with van der Waals surface area (Å²) in [5.74, 6) is 0.894. The van der Waals surface area contributed by atoms with Crippen LogP contribution in [0, 0.1) is 6.92 Å². The topological polar surface area (TPSA) is 25.8 Å². The van der Waals surface area contributed by atoms with Gasteiger partial charge in [0.1, 0.15) is 5.52 Å². The van der Waals surface area contributed by atoms with Gasteiger partial charge in [-0.3, -0.25) is 4.98 Å². The monoisotopic (exact) mass is 240 g/mol. The van der Waals surface area contributed by atoms with Gasteiger partial charge in [0.25, 0.3) is 0 Å². The van der Waals surface area contributed by atoms with Crippen LogP contribution >= 0.6 is 22.9 Å². The van der Waals surface area contributed by atoms with E-state index in [2.05, 4.69) is 29.9 Å². The van der Waals surface area contributed by atoms with E-state index in [4.69, 9.17) is 11.6 Å². The Morgan fingerprint density at radius 1 is 1.40 bits per heavy atom. The van der Waals surface area contributed by atoms with Crippen LogP contribution in [-0.4, -0.2) is 9.97 Å². The molecule has 0 N–H and O–H groups in total. The van der Waals surface area contributed by atoms with E-state index in [1.807, 2.05) is 6.92 Å². The lowest BCUT2D eigenvalue weighted by Gasteiger charge is -1.98. The van der Waals surface area contributed by atoms with Gasteiger partial charge in [-0.05, 0) is 13.0 Å². The first-order valence-electron chi connectivity index (χ1n) is 4.94. The number of pyridine rings is 1. The van der Waals surface area contributed by atoms with Gasteiger partial charge in [-0.1, -0.05) is 13.8 Å². The van der Waals surface area contributed by atoms with E-state index in [0.29, 0.717) is 11.8 Å². The maximum absolute atomic E-state index is 5.87. The second kappa shape index (κ2) is 4.06. The number of halogens is 1. The Morgan fingerprint density at radius 2 is 2.13 bits per heavy atom. The largest absolute Gasteiger partial charge is 0.255 e. The first-order valence-corrected chi connectivity index (χ1v) is 6.30. The summed E-state index contributed by atoms with van der Waals surface area (Å²) in [6.45, 7) is 6.29. The minimum absolute atomic E-state index is 0.430. The fourth-order valence-electron chi connectivity index (χ4n) is 1.48. The fourth-order valence-corrected chi connectivity index (χ4v) is 2.76. The van der Waals surface area contributed by atoms with Crippen LogP contribution in [0.4, 0.5) is 0 Å². The standard InChI is InChI=1S/C11H13ClN2S/c1-6(2)11-14-10-8(5-12)13-7(3)4-9(10)15-11/h4,6H,5H2,1-3H3. The first-order chi connectivity index (χ1) is 7.11. The zero-order valence-corrected chi connectivity index (χ0v) is 10.6. The zero-order chi connectivity index (χ0) is 11.0. The van der Waals surface area contributed by atoms with Crippen LogP contribution in [0.1, 0.15) is 36.2 Å². The first kappa shape index (κ1) is 10.8. The molecule has 80 valence electrons. The number of thiazole rings is 1. The van der Waals surface area contributed by atoms with E-state index in [0.717, 1.165) is 21.9 Å². The molecule has 0 spiro atoms. The molecule has 4 heteroatoms. The van der Waals surface area contributed by atoms with Crippen LogP contribution in [0.15, 0.2) is 6.07 Å². The summed E-state index contributed by atoms with van der Waals surface area (Å²) >= 11 is 7.61. The van der Waals surface area contributed by atoms with Crippen molar-refractivity contribution >= 4 is 33.2 Å². The highest BCUT2D eigenvalue weighted by Crippen LogP contribution is 2.29. The second-order valence-corrected chi connectivity index (χ2v) is 5.23. The quantitative estimate of drug-likeness (QED) is 0.745. The molecule has 2 aromatic rings. The molecule has 0 aliphatic carbocycles. The van der Waals surface area contributed by atoms with Crippen LogP contribution in [-0.2, 0) is 5.88 Å². The molecular weight excluding hydrogens is 228 g/mol. The number of aromatic nitrogens is 2. The summed E-state index contributed by atoms with van der Waals surface area (Å²) in [4.78, 5) is 9.00. The smallest absolute Gasteiger partial charge is 0.104 e. The Hall–Kier alpha value is -0.670. The Bertz CT molecular complexity index is 491. The van der Waals surface area contributed by atoms with Crippen LogP contribution in [0.2, 0.25) is 0 Å². The van der Waals surface area contributed by atoms with E-state index in [1.54, 1.807) is 11.3 Å². The third-order valence-corrected chi connectivity index (χ3v) is 3.77. The van der Waals surface area contributed by atoms with E-state index in [-0.39, 0.29) is 0 Å². The average molecular weight is 241 g/mol. The lowest BCUT2D eigenvalue weighted by atomic mass is 10.2. The van der Waals surface area contributed by atoms with Crippen molar-refractivity contribution in [3.63, 3.8) is 0 Å². The molecular formula is C11H13ClN2S. The molecule has 0 saturated carbocycles. The highest BCUT2D eigenvalue weighted by Gasteiger charge is 2.11. The van der Waals surface area contributed by atoms with Gasteiger partial charge in [-0.25, -0.2) is 4.98 Å². The minimum Gasteiger partial charge on any atom is -0.255 e. The summed E-state index contributed by atoms with van der Waals surface area (Å²) in [6.07, 6.45) is 0. The Labute approximate surface area is 98.3 Å². The van der Waals surface area contributed by atoms with Gasteiger partial charge >= 0.3 is 0 Å². The van der Waals surface area contributed by atoms with E-state index in [1.165, 1.54) is 4.70 Å². The third-order valence-electron chi connectivity index (χ3n) is 2.22. The maximum Gasteiger partial charge on any atom is 0.104 e. The molecule has 0 radical (unpaired) electrons. The molecule has 0 saturated heterocycles. The molecule has 0 bridgehead atoms. The lowest BCUT2D eigenvalue weighted by molar-refractivity contribution is 0.856. The number of rotatable bonds is 2. The molecule has 0 unspecified atom stereocenters. The Morgan fingerprint density at radius 3 is 2.73 bits per heavy atom. The average Bonchev–Trinajstić information content (AvgIpc) is 2.59. The van der Waals surface area contributed by atoms with Crippen LogP contribution < -0.4 is 0 Å². The zero-order valence-electron chi connectivity index (χ0n) is 9.04. The molecule has 0 fully saturated rings. The van der Waals surface area contributed by atoms with Crippen molar-refractivity contribution in [3.05, 3.63) is 22.5 Å². The molecule has 0 atom stereocenters. The molecule has 0 aliphatic heterocycles. The van der Waals surface area contributed by atoms with Crippen molar-refractivity contribution in [1.82, 2.24) is 9.97 Å². The highest BCUT2D eigenvalue weighted by molar-refractivity contribution is 7.18. The molecule has 0 aromatic carbocycles. The Kier molecular flexibility index (Phi) is 2.94. The number of hydrogen-bond acceptors (Lipinski definition) is 3. The van der Waals surface area contributed by atoms with Gasteiger partial charge in [0.15, 0.2) is 0 Å². The number of alkyl halides is 1. The van der Waals surface area contributed by atoms with E-state index < -0.39 is 0 Å². The van der Waals surface area contributed by atoms with E-state index in [9.17, 15) is 0 Å². The van der Waals surface area contributed by atoms with Gasteiger partial charge in [0.05, 0.1) is 21.3 Å². The van der Waals surface area contributed by atoms with Crippen LogP contribution in [0.3, 0.4) is 0 Å². The van der Waals surface area contributed by atoms with Crippen molar-refractivity contribution in [1.29, 1.82) is 0 Å². The predicted molar refractivity (Wildman–Crippen MR) is 65.8 cm³/mol. The molecule has 0 amide bonds. The molecule has 2 aromatic heterocycles. The molecule has 0 aliphatic rings. The third kappa shape index (κ3) is 1.99. The Balaban J connectivity index is 2.68. The van der Waals surface area contributed by atoms with E-state index >= 15 is 0 Å². The van der Waals surface area contributed by atoms with Crippen LogP contribution in [0.25, 0.3) is 10.2 Å². The predicted octanol–water partition coefficient (Wildman–Crippen LogP) is 3.86. The summed E-state index contributed by atoms with van der Waals surface area (Å²) in [6, 6.07) is 2.08. The molecule has 15 heavy (non-hydrogen) atoms. The molecule has 2 rings (SSSR count). The van der Waals surface area contributed by atoms with Crippen molar-refractivity contribution in [2.75, 3.05) is 0 Å². The summed E-state index contributed by atoms with van der Waals surface area (Å²) in [7, 11) is 0. The van der Waals surface area contributed by atoms with Gasteiger partial charge in [0, 0.05) is 11.6 Å². The number of hydrogen-bond donors (Lipinski definition) is 0. The SMILES string of the molecule is Cc1cc2sc(C(C)C)nc2c(CCl)n1. The van der Waals surface area contributed by atoms with Crippen LogP contribution in [0.5, 0.6) is 0 Å². The summed E-state index contributed by atoms with van der Waals surface area (Å²) in [5, 5.41) is 1.16. The summed E-state index contributed by atoms with van der Waals surface area (Å²) in [5.41, 5.74) is 2.89. The minimum atomic E-state index is 0.430. The van der Waals surface area contributed by atoms with Gasteiger partial charge in [-0.15, -0.1) is 22.9 Å².